The lowest BCUT2D eigenvalue weighted by Crippen LogP contribution is -2.40. The Labute approximate surface area is 131 Å². The zero-order valence-electron chi connectivity index (χ0n) is 13.5. The summed E-state index contributed by atoms with van der Waals surface area (Å²) in [7, 11) is 2.02. The molecule has 118 valence electrons. The topological polar surface area (TPSA) is 52.7 Å². The van der Waals surface area contributed by atoms with Crippen molar-refractivity contribution < 1.29 is 9.59 Å². The fourth-order valence-corrected chi connectivity index (χ4v) is 2.60. The van der Waals surface area contributed by atoms with Crippen molar-refractivity contribution in [1.82, 2.24) is 4.90 Å². The Kier molecular flexibility index (Phi) is 4.85. The summed E-state index contributed by atoms with van der Waals surface area (Å²) in [5, 5.41) is 2.69. The average Bonchev–Trinajstić information content (AvgIpc) is 2.85. The van der Waals surface area contributed by atoms with Crippen LogP contribution in [0.5, 0.6) is 0 Å². The third-order valence-electron chi connectivity index (χ3n) is 3.79. The van der Waals surface area contributed by atoms with Gasteiger partial charge in [0, 0.05) is 38.1 Å². The lowest BCUT2D eigenvalue weighted by atomic mass is 10.1. The van der Waals surface area contributed by atoms with Crippen LogP contribution in [0.3, 0.4) is 0 Å². The van der Waals surface area contributed by atoms with Crippen LogP contribution in [-0.2, 0) is 16.0 Å². The second-order valence-corrected chi connectivity index (χ2v) is 5.75. The van der Waals surface area contributed by atoms with Gasteiger partial charge in [-0.05, 0) is 38.0 Å². The van der Waals surface area contributed by atoms with Crippen molar-refractivity contribution in [3.05, 3.63) is 35.9 Å². The molecule has 0 atom stereocenters. The van der Waals surface area contributed by atoms with Crippen molar-refractivity contribution in [3.8, 4) is 0 Å². The van der Waals surface area contributed by atoms with Gasteiger partial charge in [-0.25, -0.2) is 0 Å². The molecular weight excluding hydrogens is 278 g/mol. The van der Waals surface area contributed by atoms with Crippen LogP contribution in [0.25, 0.3) is 0 Å². The van der Waals surface area contributed by atoms with Crippen LogP contribution < -0.4 is 10.2 Å². The number of anilines is 2. The van der Waals surface area contributed by atoms with Crippen LogP contribution in [0.4, 0.5) is 11.4 Å². The van der Waals surface area contributed by atoms with Gasteiger partial charge in [0.2, 0.25) is 0 Å². The molecule has 2 amide bonds. The van der Waals surface area contributed by atoms with Gasteiger partial charge in [-0.3, -0.25) is 9.59 Å². The lowest BCUT2D eigenvalue weighted by Gasteiger charge is -2.20. The molecule has 5 heteroatoms. The summed E-state index contributed by atoms with van der Waals surface area (Å²) in [6.45, 7) is 9.33. The molecule has 5 nitrogen and oxygen atoms in total. The highest BCUT2D eigenvalue weighted by Gasteiger charge is 2.22. The molecule has 0 unspecified atom stereocenters. The van der Waals surface area contributed by atoms with E-state index in [0.717, 1.165) is 24.2 Å². The zero-order chi connectivity index (χ0) is 16.3. The number of nitrogens with zero attached hydrogens (tertiary/aromatic N) is 2. The number of benzene rings is 1. The fraction of sp³-hybridized carbons (Fsp3) is 0.412. The fourth-order valence-electron chi connectivity index (χ4n) is 2.60. The highest BCUT2D eigenvalue weighted by molar-refractivity contribution is 6.39. The Balaban J connectivity index is 2.07. The van der Waals surface area contributed by atoms with Crippen LogP contribution in [0.2, 0.25) is 0 Å². The molecule has 1 aromatic rings. The summed E-state index contributed by atoms with van der Waals surface area (Å²) in [6.07, 6.45) is 1.02. The van der Waals surface area contributed by atoms with Gasteiger partial charge in [-0.15, -0.1) is 0 Å². The van der Waals surface area contributed by atoms with E-state index in [2.05, 4.69) is 16.8 Å². The number of fused-ring (bicyclic) bond motifs is 1. The largest absolute Gasteiger partial charge is 0.374 e. The molecule has 0 fully saturated rings. The summed E-state index contributed by atoms with van der Waals surface area (Å²) in [5.41, 5.74) is 3.88. The number of likely N-dealkylation sites (N-methyl/N-ethyl adjacent to an activating group) is 2. The van der Waals surface area contributed by atoms with Crippen molar-refractivity contribution >= 4 is 23.2 Å². The quantitative estimate of drug-likeness (QED) is 0.684. The Morgan fingerprint density at radius 3 is 2.77 bits per heavy atom. The number of nitrogens with one attached hydrogen (secondary N) is 1. The predicted molar refractivity (Wildman–Crippen MR) is 89.1 cm³/mol. The molecule has 1 aliphatic rings. The molecule has 1 aromatic carbocycles. The van der Waals surface area contributed by atoms with Crippen LogP contribution in [0, 0.1) is 0 Å². The van der Waals surface area contributed by atoms with Crippen LogP contribution in [-0.4, -0.2) is 43.4 Å². The SMILES string of the molecule is C=C(C)CN(CC)C(=O)C(=O)Nc1ccc2c(c1)N(C)CC2. The number of rotatable bonds is 4. The summed E-state index contributed by atoms with van der Waals surface area (Å²) in [4.78, 5) is 27.9. The molecule has 0 saturated heterocycles. The first-order chi connectivity index (χ1) is 10.4. The predicted octanol–water partition coefficient (Wildman–Crippen LogP) is 2.04. The zero-order valence-corrected chi connectivity index (χ0v) is 13.5. The van der Waals surface area contributed by atoms with E-state index in [1.54, 1.807) is 0 Å². The van der Waals surface area contributed by atoms with E-state index >= 15 is 0 Å². The van der Waals surface area contributed by atoms with Crippen LogP contribution in [0.1, 0.15) is 19.4 Å². The Morgan fingerprint density at radius 2 is 2.14 bits per heavy atom. The number of hydrogen-bond donors (Lipinski definition) is 1. The minimum Gasteiger partial charge on any atom is -0.374 e. The van der Waals surface area contributed by atoms with E-state index in [-0.39, 0.29) is 0 Å². The van der Waals surface area contributed by atoms with Gasteiger partial charge in [-0.2, -0.15) is 0 Å². The van der Waals surface area contributed by atoms with Crippen LogP contribution >= 0.6 is 0 Å². The maximum atomic E-state index is 12.2. The van der Waals surface area contributed by atoms with Crippen molar-refractivity contribution in [2.45, 2.75) is 20.3 Å². The summed E-state index contributed by atoms with van der Waals surface area (Å²) < 4.78 is 0. The second kappa shape index (κ2) is 6.64. The molecule has 1 heterocycles. The Bertz CT molecular complexity index is 610. The van der Waals surface area contributed by atoms with Gasteiger partial charge in [0.25, 0.3) is 0 Å². The third-order valence-corrected chi connectivity index (χ3v) is 3.79. The minimum absolute atomic E-state index is 0.398. The minimum atomic E-state index is -0.608. The van der Waals surface area contributed by atoms with E-state index in [9.17, 15) is 9.59 Å². The first-order valence-electron chi connectivity index (χ1n) is 7.51. The van der Waals surface area contributed by atoms with E-state index in [1.807, 2.05) is 39.1 Å². The van der Waals surface area contributed by atoms with Crippen molar-refractivity contribution in [2.24, 2.45) is 0 Å². The Morgan fingerprint density at radius 1 is 1.41 bits per heavy atom. The number of carbonyl (C=O) groups excluding carboxylic acids is 2. The third kappa shape index (κ3) is 3.47. The molecule has 0 aliphatic carbocycles. The number of hydrogen-bond acceptors (Lipinski definition) is 3. The molecule has 0 saturated carbocycles. The maximum Gasteiger partial charge on any atom is 0.313 e. The van der Waals surface area contributed by atoms with Gasteiger partial charge in [0.05, 0.1) is 0 Å². The van der Waals surface area contributed by atoms with E-state index in [1.165, 1.54) is 10.5 Å². The Hall–Kier alpha value is -2.30. The molecule has 2 rings (SSSR count). The molecule has 0 bridgehead atoms. The van der Waals surface area contributed by atoms with E-state index in [4.69, 9.17) is 0 Å². The number of amides is 2. The van der Waals surface area contributed by atoms with Crippen molar-refractivity contribution in [3.63, 3.8) is 0 Å². The van der Waals surface area contributed by atoms with Gasteiger partial charge in [-0.1, -0.05) is 18.2 Å². The molecule has 1 aliphatic heterocycles. The van der Waals surface area contributed by atoms with Gasteiger partial charge >= 0.3 is 11.8 Å². The first kappa shape index (κ1) is 16.1. The van der Waals surface area contributed by atoms with Gasteiger partial charge in [0.1, 0.15) is 0 Å². The van der Waals surface area contributed by atoms with E-state index in [0.29, 0.717) is 18.8 Å². The van der Waals surface area contributed by atoms with Crippen molar-refractivity contribution in [2.75, 3.05) is 36.9 Å². The summed E-state index contributed by atoms with van der Waals surface area (Å²) in [6, 6.07) is 5.77. The first-order valence-corrected chi connectivity index (χ1v) is 7.51. The molecule has 22 heavy (non-hydrogen) atoms. The standard InChI is InChI=1S/C17H23N3O2/c1-5-20(11-12(2)3)17(22)16(21)18-14-7-6-13-8-9-19(4)15(13)10-14/h6-7,10H,2,5,8-9,11H2,1,3-4H3,(H,18,21). The highest BCUT2D eigenvalue weighted by Crippen LogP contribution is 2.29. The molecular formula is C17H23N3O2. The normalized spacial score (nSPS) is 12.8. The van der Waals surface area contributed by atoms with E-state index < -0.39 is 11.8 Å². The smallest absolute Gasteiger partial charge is 0.313 e. The second-order valence-electron chi connectivity index (χ2n) is 5.75. The summed E-state index contributed by atoms with van der Waals surface area (Å²) in [5.74, 6) is -1.14. The monoisotopic (exact) mass is 301 g/mol. The van der Waals surface area contributed by atoms with Gasteiger partial charge in [0.15, 0.2) is 0 Å². The summed E-state index contributed by atoms with van der Waals surface area (Å²) >= 11 is 0. The average molecular weight is 301 g/mol. The van der Waals surface area contributed by atoms with Crippen LogP contribution in [0.15, 0.2) is 30.4 Å². The van der Waals surface area contributed by atoms with Gasteiger partial charge < -0.3 is 15.1 Å². The number of carbonyl (C=O) groups is 2. The molecule has 0 radical (unpaired) electrons. The highest BCUT2D eigenvalue weighted by atomic mass is 16.2. The maximum absolute atomic E-state index is 12.2. The molecule has 0 aromatic heterocycles. The molecule has 1 N–H and O–H groups in total. The van der Waals surface area contributed by atoms with Crippen molar-refractivity contribution in [1.29, 1.82) is 0 Å². The lowest BCUT2D eigenvalue weighted by molar-refractivity contribution is -0.142. The molecule has 0 spiro atoms.